The second-order valence-corrected chi connectivity index (χ2v) is 10.3. The molecule has 0 aromatic heterocycles. The highest BCUT2D eigenvalue weighted by molar-refractivity contribution is 5.38. The van der Waals surface area contributed by atoms with Crippen LogP contribution in [0.3, 0.4) is 0 Å². The van der Waals surface area contributed by atoms with Crippen molar-refractivity contribution in [1.29, 1.82) is 0 Å². The van der Waals surface area contributed by atoms with Crippen molar-refractivity contribution in [2.24, 2.45) is 0 Å². The first-order valence-corrected chi connectivity index (χ1v) is 12.7. The molecule has 0 bridgehead atoms. The van der Waals surface area contributed by atoms with Crippen molar-refractivity contribution in [3.63, 3.8) is 0 Å². The molecule has 2 unspecified atom stereocenters. The van der Waals surface area contributed by atoms with E-state index in [1.54, 1.807) is 14.2 Å². The third-order valence-corrected chi connectivity index (χ3v) is 6.36. The largest absolute Gasteiger partial charge is 0.497 e. The van der Waals surface area contributed by atoms with Crippen LogP contribution in [0.2, 0.25) is 0 Å². The Morgan fingerprint density at radius 3 is 1.86 bits per heavy atom. The van der Waals surface area contributed by atoms with E-state index in [-0.39, 0.29) is 0 Å². The first kappa shape index (κ1) is 30.5. The van der Waals surface area contributed by atoms with Crippen LogP contribution in [0.25, 0.3) is 0 Å². The monoisotopic (exact) mass is 480 g/mol. The summed E-state index contributed by atoms with van der Waals surface area (Å²) in [6, 6.07) is 12.2. The summed E-state index contributed by atoms with van der Waals surface area (Å²) in [5, 5.41) is 10.6. The lowest BCUT2D eigenvalue weighted by atomic mass is 9.87. The molecule has 2 aromatic carbocycles. The molecule has 0 heterocycles. The summed E-state index contributed by atoms with van der Waals surface area (Å²) in [6.45, 7) is 16.8. The van der Waals surface area contributed by atoms with Crippen molar-refractivity contribution in [3.8, 4) is 11.5 Å². The van der Waals surface area contributed by atoms with Gasteiger partial charge in [-0.15, -0.1) is 0 Å². The van der Waals surface area contributed by atoms with Gasteiger partial charge in [-0.2, -0.15) is 0 Å². The SMILES string of the molecule is COc1ccc(C(C)(O)CCC=C(C)C)c(C)c1.COc1ccc(C(C)CCC=C(C)C)c(C)c1. The molecule has 0 saturated carbocycles. The molecule has 0 aliphatic heterocycles. The third-order valence-electron chi connectivity index (χ3n) is 6.36. The van der Waals surface area contributed by atoms with E-state index >= 15 is 0 Å². The van der Waals surface area contributed by atoms with E-state index in [2.05, 4.69) is 71.9 Å². The van der Waals surface area contributed by atoms with Crippen LogP contribution in [0.5, 0.6) is 11.5 Å². The van der Waals surface area contributed by atoms with Crippen molar-refractivity contribution in [3.05, 3.63) is 82.0 Å². The van der Waals surface area contributed by atoms with Crippen LogP contribution in [0.15, 0.2) is 59.7 Å². The van der Waals surface area contributed by atoms with Crippen LogP contribution < -0.4 is 9.47 Å². The molecule has 2 rings (SSSR count). The lowest BCUT2D eigenvalue weighted by molar-refractivity contribution is 0.0481. The predicted octanol–water partition coefficient (Wildman–Crippen LogP) is 8.81. The molecule has 0 radical (unpaired) electrons. The number of ether oxygens (including phenoxy) is 2. The molecule has 0 fully saturated rings. The molecule has 0 amide bonds. The van der Waals surface area contributed by atoms with Crippen molar-refractivity contribution < 1.29 is 14.6 Å². The molecule has 3 nitrogen and oxygen atoms in total. The van der Waals surface area contributed by atoms with Gasteiger partial charge in [-0.3, -0.25) is 0 Å². The van der Waals surface area contributed by atoms with Gasteiger partial charge < -0.3 is 14.6 Å². The predicted molar refractivity (Wildman–Crippen MR) is 151 cm³/mol. The molecule has 0 aliphatic carbocycles. The van der Waals surface area contributed by atoms with Gasteiger partial charge in [0.15, 0.2) is 0 Å². The number of rotatable bonds is 10. The second-order valence-electron chi connectivity index (χ2n) is 10.3. The van der Waals surface area contributed by atoms with Gasteiger partial charge in [-0.05, 0) is 127 Å². The van der Waals surface area contributed by atoms with Crippen molar-refractivity contribution in [2.75, 3.05) is 14.2 Å². The molecule has 1 N–H and O–H groups in total. The minimum Gasteiger partial charge on any atom is -0.497 e. The molecule has 0 spiro atoms. The van der Waals surface area contributed by atoms with Gasteiger partial charge in [-0.25, -0.2) is 0 Å². The molecule has 3 heteroatoms. The summed E-state index contributed by atoms with van der Waals surface area (Å²) in [6.07, 6.45) is 8.46. The third kappa shape index (κ3) is 10.7. The Kier molecular flexibility index (Phi) is 12.9. The summed E-state index contributed by atoms with van der Waals surface area (Å²) in [5.41, 5.74) is 6.72. The Morgan fingerprint density at radius 2 is 1.37 bits per heavy atom. The van der Waals surface area contributed by atoms with Crippen LogP contribution in [-0.4, -0.2) is 19.3 Å². The van der Waals surface area contributed by atoms with Gasteiger partial charge in [-0.1, -0.05) is 42.4 Å². The van der Waals surface area contributed by atoms with E-state index in [0.29, 0.717) is 5.92 Å². The van der Waals surface area contributed by atoms with Gasteiger partial charge in [0.25, 0.3) is 0 Å². The maximum Gasteiger partial charge on any atom is 0.119 e. The van der Waals surface area contributed by atoms with Crippen molar-refractivity contribution in [1.82, 2.24) is 0 Å². The number of aryl methyl sites for hydroxylation is 2. The lowest BCUT2D eigenvalue weighted by Gasteiger charge is -2.25. The van der Waals surface area contributed by atoms with E-state index in [0.717, 1.165) is 41.9 Å². The number of allylic oxidation sites excluding steroid dienone is 4. The minimum absolute atomic E-state index is 0.608. The van der Waals surface area contributed by atoms with Gasteiger partial charge in [0.05, 0.1) is 19.8 Å². The number of methoxy groups -OCH3 is 2. The van der Waals surface area contributed by atoms with Crippen LogP contribution in [0, 0.1) is 13.8 Å². The number of benzene rings is 2. The fourth-order valence-corrected chi connectivity index (χ4v) is 4.25. The normalized spacial score (nSPS) is 13.0. The maximum absolute atomic E-state index is 10.6. The lowest BCUT2D eigenvalue weighted by Crippen LogP contribution is -2.22. The molecule has 0 saturated heterocycles. The Balaban J connectivity index is 0.000000351. The van der Waals surface area contributed by atoms with E-state index in [9.17, 15) is 5.11 Å². The highest BCUT2D eigenvalue weighted by atomic mass is 16.5. The summed E-state index contributed by atoms with van der Waals surface area (Å²) >= 11 is 0. The van der Waals surface area contributed by atoms with E-state index in [1.165, 1.54) is 28.7 Å². The summed E-state index contributed by atoms with van der Waals surface area (Å²) < 4.78 is 10.4. The van der Waals surface area contributed by atoms with E-state index < -0.39 is 5.60 Å². The number of hydrogen-bond donors (Lipinski definition) is 1. The fraction of sp³-hybridized carbons (Fsp3) is 0.500. The Labute approximate surface area is 214 Å². The van der Waals surface area contributed by atoms with Crippen molar-refractivity contribution >= 4 is 0 Å². The van der Waals surface area contributed by atoms with E-state index in [4.69, 9.17) is 9.47 Å². The fourth-order valence-electron chi connectivity index (χ4n) is 4.25. The average Bonchev–Trinajstić information content (AvgIpc) is 2.78. The minimum atomic E-state index is -0.789. The van der Waals surface area contributed by atoms with Crippen molar-refractivity contribution in [2.45, 2.75) is 92.6 Å². The van der Waals surface area contributed by atoms with Crippen LogP contribution in [0.4, 0.5) is 0 Å². The quantitative estimate of drug-likeness (QED) is 0.345. The Hall–Kier alpha value is -2.52. The first-order chi connectivity index (χ1) is 16.4. The summed E-state index contributed by atoms with van der Waals surface area (Å²) in [7, 11) is 3.37. The van der Waals surface area contributed by atoms with Crippen LogP contribution >= 0.6 is 0 Å². The zero-order valence-corrected chi connectivity index (χ0v) is 23.8. The van der Waals surface area contributed by atoms with Crippen LogP contribution in [-0.2, 0) is 5.60 Å². The first-order valence-electron chi connectivity index (χ1n) is 12.7. The van der Waals surface area contributed by atoms with Crippen LogP contribution in [0.1, 0.15) is 95.4 Å². The molecule has 2 aromatic rings. The smallest absolute Gasteiger partial charge is 0.119 e. The van der Waals surface area contributed by atoms with Gasteiger partial charge in [0.1, 0.15) is 11.5 Å². The highest BCUT2D eigenvalue weighted by Gasteiger charge is 2.24. The molecular formula is C32H48O3. The zero-order valence-electron chi connectivity index (χ0n) is 23.8. The number of aliphatic hydroxyl groups is 1. The summed E-state index contributed by atoms with van der Waals surface area (Å²) in [5.74, 6) is 2.38. The summed E-state index contributed by atoms with van der Waals surface area (Å²) in [4.78, 5) is 0. The number of hydrogen-bond acceptors (Lipinski definition) is 3. The van der Waals surface area contributed by atoms with Gasteiger partial charge >= 0.3 is 0 Å². The van der Waals surface area contributed by atoms with Gasteiger partial charge in [0, 0.05) is 0 Å². The Morgan fingerprint density at radius 1 is 0.857 bits per heavy atom. The molecule has 2 atom stereocenters. The standard InChI is InChI=1S/C16H24O2.C16H24O/c1-12(2)7-6-10-16(4,17)15-9-8-14(18-5)11-13(15)3;1-12(2)7-6-8-13(3)16-10-9-15(17-5)11-14(16)4/h7-9,11,17H,6,10H2,1-5H3;7,9-11,13H,6,8H2,1-5H3. The second kappa shape index (κ2) is 14.8. The molecular weight excluding hydrogens is 432 g/mol. The Bertz CT molecular complexity index is 974. The topological polar surface area (TPSA) is 38.7 Å². The maximum atomic E-state index is 10.6. The van der Waals surface area contributed by atoms with E-state index in [1.807, 2.05) is 32.0 Å². The van der Waals surface area contributed by atoms with Gasteiger partial charge in [0.2, 0.25) is 0 Å². The molecule has 194 valence electrons. The zero-order chi connectivity index (χ0) is 26.6. The highest BCUT2D eigenvalue weighted by Crippen LogP contribution is 2.31. The average molecular weight is 481 g/mol. The molecule has 0 aliphatic rings. The molecule has 35 heavy (non-hydrogen) atoms.